The Kier molecular flexibility index (Phi) is 6.12. The summed E-state index contributed by atoms with van der Waals surface area (Å²) in [7, 11) is 0. The molecule has 0 aromatic carbocycles. The second-order valence-corrected chi connectivity index (χ2v) is 4.94. The minimum Gasteiger partial charge on any atom is -0.480 e. The van der Waals surface area contributed by atoms with Gasteiger partial charge in [0.25, 0.3) is 0 Å². The number of ether oxygens (including phenoxy) is 1. The van der Waals surface area contributed by atoms with Crippen molar-refractivity contribution in [2.24, 2.45) is 5.92 Å². The quantitative estimate of drug-likeness (QED) is 0.757. The second kappa shape index (κ2) is 7.36. The number of rotatable bonds is 6. The summed E-state index contributed by atoms with van der Waals surface area (Å²) in [6.07, 6.45) is 3.65. The molecule has 0 saturated carbocycles. The molecule has 1 aliphatic heterocycles. The summed E-state index contributed by atoms with van der Waals surface area (Å²) in [6, 6.07) is -0.754. The van der Waals surface area contributed by atoms with E-state index in [4.69, 9.17) is 9.84 Å². The number of nitrogens with one attached hydrogen (secondary N) is 1. The van der Waals surface area contributed by atoms with Crippen LogP contribution < -0.4 is 5.32 Å². The van der Waals surface area contributed by atoms with Crippen LogP contribution in [0.3, 0.4) is 0 Å². The van der Waals surface area contributed by atoms with E-state index < -0.39 is 12.0 Å². The van der Waals surface area contributed by atoms with E-state index in [0.29, 0.717) is 25.9 Å². The molecular formula is C13H23NO4. The monoisotopic (exact) mass is 257 g/mol. The lowest BCUT2D eigenvalue weighted by Crippen LogP contribution is -2.45. The number of aliphatic carboxylic acids is 1. The SMILES string of the molecule is CCCC[C@H](NC(=O)C1CCOC(C)C1)C(=O)O. The number of carbonyl (C=O) groups excluding carboxylic acids is 1. The van der Waals surface area contributed by atoms with Gasteiger partial charge in [-0.1, -0.05) is 19.8 Å². The number of carboxylic acid groups (broad SMARTS) is 1. The van der Waals surface area contributed by atoms with E-state index in [2.05, 4.69) is 5.32 Å². The summed E-state index contributed by atoms with van der Waals surface area (Å²) in [5.74, 6) is -1.21. The van der Waals surface area contributed by atoms with Gasteiger partial charge < -0.3 is 15.2 Å². The van der Waals surface area contributed by atoms with Gasteiger partial charge in [-0.25, -0.2) is 4.79 Å². The number of hydrogen-bond donors (Lipinski definition) is 2. The highest BCUT2D eigenvalue weighted by Crippen LogP contribution is 2.20. The summed E-state index contributed by atoms with van der Waals surface area (Å²) in [6.45, 7) is 4.51. The lowest BCUT2D eigenvalue weighted by molar-refractivity contribution is -0.143. The standard InChI is InChI=1S/C13H23NO4/c1-3-4-5-11(13(16)17)14-12(15)10-6-7-18-9(2)8-10/h9-11H,3-8H2,1-2H3,(H,14,15)(H,16,17)/t9?,10?,11-/m0/s1. The number of amides is 1. The van der Waals surface area contributed by atoms with Crippen molar-refractivity contribution in [3.63, 3.8) is 0 Å². The van der Waals surface area contributed by atoms with Gasteiger partial charge in [-0.05, 0) is 26.2 Å². The molecule has 0 aromatic heterocycles. The van der Waals surface area contributed by atoms with E-state index in [1.54, 1.807) is 0 Å². The molecule has 1 fully saturated rings. The maximum atomic E-state index is 12.0. The zero-order valence-electron chi connectivity index (χ0n) is 11.1. The molecule has 0 spiro atoms. The predicted octanol–water partition coefficient (Wildman–Crippen LogP) is 1.56. The highest BCUT2D eigenvalue weighted by Gasteiger charge is 2.28. The summed E-state index contributed by atoms with van der Waals surface area (Å²) < 4.78 is 5.38. The molecule has 3 atom stereocenters. The fourth-order valence-electron chi connectivity index (χ4n) is 2.19. The molecule has 1 aliphatic rings. The molecular weight excluding hydrogens is 234 g/mol. The Morgan fingerprint density at radius 3 is 2.78 bits per heavy atom. The van der Waals surface area contributed by atoms with Gasteiger partial charge in [-0.2, -0.15) is 0 Å². The third-order valence-corrected chi connectivity index (χ3v) is 3.32. The van der Waals surface area contributed by atoms with Crippen LogP contribution in [0.4, 0.5) is 0 Å². The summed E-state index contributed by atoms with van der Waals surface area (Å²) in [5, 5.41) is 11.7. The second-order valence-electron chi connectivity index (χ2n) is 4.94. The Labute approximate surface area is 108 Å². The van der Waals surface area contributed by atoms with Crippen molar-refractivity contribution in [2.45, 2.75) is 58.1 Å². The van der Waals surface area contributed by atoms with Crippen molar-refractivity contribution < 1.29 is 19.4 Å². The Morgan fingerprint density at radius 2 is 2.22 bits per heavy atom. The Bertz CT molecular complexity index is 293. The third-order valence-electron chi connectivity index (χ3n) is 3.32. The van der Waals surface area contributed by atoms with Crippen LogP contribution in [0.25, 0.3) is 0 Å². The molecule has 104 valence electrons. The van der Waals surface area contributed by atoms with Crippen LogP contribution in [0.1, 0.15) is 46.0 Å². The minimum absolute atomic E-state index is 0.0772. The molecule has 2 N–H and O–H groups in total. The van der Waals surface area contributed by atoms with Gasteiger partial charge in [0.15, 0.2) is 0 Å². The van der Waals surface area contributed by atoms with Crippen molar-refractivity contribution >= 4 is 11.9 Å². The maximum absolute atomic E-state index is 12.0. The first-order valence-electron chi connectivity index (χ1n) is 6.69. The predicted molar refractivity (Wildman–Crippen MR) is 67.2 cm³/mol. The number of hydrogen-bond acceptors (Lipinski definition) is 3. The zero-order chi connectivity index (χ0) is 13.5. The van der Waals surface area contributed by atoms with E-state index in [1.807, 2.05) is 13.8 Å². The molecule has 0 aliphatic carbocycles. The van der Waals surface area contributed by atoms with Gasteiger partial charge in [0, 0.05) is 12.5 Å². The molecule has 1 saturated heterocycles. The smallest absolute Gasteiger partial charge is 0.326 e. The average molecular weight is 257 g/mol. The van der Waals surface area contributed by atoms with Crippen LogP contribution in [0, 0.1) is 5.92 Å². The molecule has 0 aromatic rings. The molecule has 5 heteroatoms. The van der Waals surface area contributed by atoms with Gasteiger partial charge in [0.2, 0.25) is 5.91 Å². The van der Waals surface area contributed by atoms with Crippen molar-refractivity contribution in [1.82, 2.24) is 5.32 Å². The fraction of sp³-hybridized carbons (Fsp3) is 0.846. The minimum atomic E-state index is -0.947. The topological polar surface area (TPSA) is 75.6 Å². The highest BCUT2D eigenvalue weighted by molar-refractivity contribution is 5.85. The molecule has 1 rings (SSSR count). The lowest BCUT2D eigenvalue weighted by Gasteiger charge is -2.27. The molecule has 0 bridgehead atoms. The molecule has 1 amide bonds. The normalized spacial score (nSPS) is 25.4. The Morgan fingerprint density at radius 1 is 1.50 bits per heavy atom. The van der Waals surface area contributed by atoms with Gasteiger partial charge >= 0.3 is 5.97 Å². The fourth-order valence-corrected chi connectivity index (χ4v) is 2.19. The third kappa shape index (κ3) is 4.64. The molecule has 18 heavy (non-hydrogen) atoms. The van der Waals surface area contributed by atoms with Crippen LogP contribution >= 0.6 is 0 Å². The first-order valence-corrected chi connectivity index (χ1v) is 6.69. The van der Waals surface area contributed by atoms with Crippen molar-refractivity contribution in [3.05, 3.63) is 0 Å². The number of carbonyl (C=O) groups is 2. The summed E-state index contributed by atoms with van der Waals surface area (Å²) >= 11 is 0. The van der Waals surface area contributed by atoms with E-state index in [1.165, 1.54) is 0 Å². The van der Waals surface area contributed by atoms with E-state index in [0.717, 1.165) is 12.8 Å². The molecule has 0 radical (unpaired) electrons. The number of carboxylic acids is 1. The molecule has 1 heterocycles. The summed E-state index contributed by atoms with van der Waals surface area (Å²) in [5.41, 5.74) is 0. The average Bonchev–Trinajstić information content (AvgIpc) is 2.33. The Balaban J connectivity index is 2.46. The summed E-state index contributed by atoms with van der Waals surface area (Å²) in [4.78, 5) is 23.0. The van der Waals surface area contributed by atoms with Crippen LogP contribution in [-0.2, 0) is 14.3 Å². The highest BCUT2D eigenvalue weighted by atomic mass is 16.5. The number of unbranched alkanes of at least 4 members (excludes halogenated alkanes) is 1. The zero-order valence-corrected chi connectivity index (χ0v) is 11.1. The van der Waals surface area contributed by atoms with Gasteiger partial charge in [0.1, 0.15) is 6.04 Å². The van der Waals surface area contributed by atoms with Gasteiger partial charge in [0.05, 0.1) is 6.10 Å². The van der Waals surface area contributed by atoms with E-state index in [-0.39, 0.29) is 17.9 Å². The van der Waals surface area contributed by atoms with E-state index in [9.17, 15) is 9.59 Å². The van der Waals surface area contributed by atoms with E-state index >= 15 is 0 Å². The molecule has 2 unspecified atom stereocenters. The largest absolute Gasteiger partial charge is 0.480 e. The van der Waals surface area contributed by atoms with Crippen LogP contribution in [-0.4, -0.2) is 35.7 Å². The van der Waals surface area contributed by atoms with Crippen molar-refractivity contribution in [2.75, 3.05) is 6.61 Å². The van der Waals surface area contributed by atoms with Crippen LogP contribution in [0.5, 0.6) is 0 Å². The Hall–Kier alpha value is -1.10. The van der Waals surface area contributed by atoms with Crippen molar-refractivity contribution in [3.8, 4) is 0 Å². The van der Waals surface area contributed by atoms with Gasteiger partial charge in [-0.15, -0.1) is 0 Å². The maximum Gasteiger partial charge on any atom is 0.326 e. The lowest BCUT2D eigenvalue weighted by atomic mass is 9.95. The van der Waals surface area contributed by atoms with Crippen LogP contribution in [0.15, 0.2) is 0 Å². The van der Waals surface area contributed by atoms with Gasteiger partial charge in [-0.3, -0.25) is 4.79 Å². The van der Waals surface area contributed by atoms with Crippen molar-refractivity contribution in [1.29, 1.82) is 0 Å². The molecule has 5 nitrogen and oxygen atoms in total. The first-order chi connectivity index (χ1) is 8.54. The van der Waals surface area contributed by atoms with Crippen LogP contribution in [0.2, 0.25) is 0 Å². The first kappa shape index (κ1) is 15.0.